The normalized spacial score (nSPS) is 13.5. The lowest BCUT2D eigenvalue weighted by atomic mass is 10.1. The van der Waals surface area contributed by atoms with E-state index in [1.165, 1.54) is 0 Å². The molecule has 8 heteroatoms. The maximum atomic E-state index is 12.3. The van der Waals surface area contributed by atoms with Crippen LogP contribution in [-0.2, 0) is 20.9 Å². The van der Waals surface area contributed by atoms with Gasteiger partial charge < -0.3 is 24.4 Å². The van der Waals surface area contributed by atoms with Crippen molar-refractivity contribution in [3.63, 3.8) is 0 Å². The number of nitrogens with one attached hydrogen (secondary N) is 2. The minimum absolute atomic E-state index is 0.0617. The Bertz CT molecular complexity index is 1080. The van der Waals surface area contributed by atoms with Crippen LogP contribution in [0.2, 0.25) is 0 Å². The molecule has 0 aliphatic carbocycles. The zero-order valence-corrected chi connectivity index (χ0v) is 16.4. The van der Waals surface area contributed by atoms with Gasteiger partial charge in [0.2, 0.25) is 5.91 Å². The fraction of sp³-hybridized carbons (Fsp3) is 0.227. The van der Waals surface area contributed by atoms with Crippen molar-refractivity contribution in [1.82, 2.24) is 5.32 Å². The summed E-state index contributed by atoms with van der Waals surface area (Å²) in [7, 11) is 0. The number of furan rings is 2. The van der Waals surface area contributed by atoms with Crippen molar-refractivity contribution in [3.05, 3.63) is 60.1 Å². The number of aryl methyl sites for hydroxylation is 1. The summed E-state index contributed by atoms with van der Waals surface area (Å²) >= 11 is 0. The minimum atomic E-state index is -0.796. The average molecular weight is 407 g/mol. The molecule has 0 atom stereocenters. The number of hydrogen-bond donors (Lipinski definition) is 2. The van der Waals surface area contributed by atoms with Crippen LogP contribution in [0.1, 0.15) is 24.2 Å². The number of rotatable bonds is 5. The fourth-order valence-electron chi connectivity index (χ4n) is 3.34. The van der Waals surface area contributed by atoms with Crippen molar-refractivity contribution >= 4 is 29.1 Å². The molecule has 1 aliphatic rings. The van der Waals surface area contributed by atoms with E-state index in [1.54, 1.807) is 47.6 Å². The Morgan fingerprint density at radius 1 is 1.10 bits per heavy atom. The lowest BCUT2D eigenvalue weighted by molar-refractivity contribution is -0.136. The summed E-state index contributed by atoms with van der Waals surface area (Å²) in [6.07, 6.45) is 2.87. The Kier molecular flexibility index (Phi) is 5.38. The van der Waals surface area contributed by atoms with Gasteiger partial charge in [-0.25, -0.2) is 0 Å². The van der Waals surface area contributed by atoms with Gasteiger partial charge in [-0.2, -0.15) is 0 Å². The highest BCUT2D eigenvalue weighted by Crippen LogP contribution is 2.28. The van der Waals surface area contributed by atoms with Gasteiger partial charge >= 0.3 is 11.8 Å². The molecule has 0 unspecified atom stereocenters. The van der Waals surface area contributed by atoms with Crippen molar-refractivity contribution in [1.29, 1.82) is 0 Å². The van der Waals surface area contributed by atoms with E-state index >= 15 is 0 Å². The number of carbonyl (C=O) groups is 3. The minimum Gasteiger partial charge on any atom is -0.461 e. The Hall–Kier alpha value is -3.81. The molecule has 3 amide bonds. The fourth-order valence-corrected chi connectivity index (χ4v) is 3.34. The SMILES string of the molecule is Cc1ccc(NC(=O)C(=O)NCc2ccc(-c3ccco3)o2)cc1N1CCCC1=O. The van der Waals surface area contributed by atoms with Crippen molar-refractivity contribution in [2.75, 3.05) is 16.8 Å². The molecular formula is C22H21N3O5. The molecule has 0 radical (unpaired) electrons. The first kappa shape index (κ1) is 19.5. The Morgan fingerprint density at radius 3 is 2.70 bits per heavy atom. The summed E-state index contributed by atoms with van der Waals surface area (Å²) in [5, 5.41) is 5.10. The third kappa shape index (κ3) is 4.12. The molecule has 2 N–H and O–H groups in total. The van der Waals surface area contributed by atoms with Crippen LogP contribution in [0.3, 0.4) is 0 Å². The van der Waals surface area contributed by atoms with E-state index in [-0.39, 0.29) is 12.5 Å². The summed E-state index contributed by atoms with van der Waals surface area (Å²) in [6.45, 7) is 2.62. The highest BCUT2D eigenvalue weighted by molar-refractivity contribution is 6.39. The second-order valence-corrected chi connectivity index (χ2v) is 7.03. The van der Waals surface area contributed by atoms with Gasteiger partial charge in [-0.15, -0.1) is 0 Å². The second kappa shape index (κ2) is 8.28. The van der Waals surface area contributed by atoms with Crippen molar-refractivity contribution in [3.8, 4) is 11.5 Å². The summed E-state index contributed by atoms with van der Waals surface area (Å²) < 4.78 is 10.8. The molecule has 0 saturated carbocycles. The lowest BCUT2D eigenvalue weighted by Crippen LogP contribution is -2.35. The van der Waals surface area contributed by atoms with Crippen LogP contribution in [0.25, 0.3) is 11.5 Å². The van der Waals surface area contributed by atoms with Gasteiger partial charge in [0.1, 0.15) is 5.76 Å². The lowest BCUT2D eigenvalue weighted by Gasteiger charge is -2.19. The molecule has 0 bridgehead atoms. The van der Waals surface area contributed by atoms with Crippen molar-refractivity contribution in [2.24, 2.45) is 0 Å². The molecule has 1 aromatic carbocycles. The van der Waals surface area contributed by atoms with E-state index in [0.29, 0.717) is 35.9 Å². The summed E-state index contributed by atoms with van der Waals surface area (Å²) in [6, 6.07) is 12.2. The molecule has 30 heavy (non-hydrogen) atoms. The third-order valence-electron chi connectivity index (χ3n) is 4.89. The van der Waals surface area contributed by atoms with E-state index in [4.69, 9.17) is 8.83 Å². The number of benzene rings is 1. The standard InChI is InChI=1S/C22H21N3O5/c1-14-6-7-15(12-17(14)25-10-2-5-20(25)26)24-22(28)21(27)23-13-16-8-9-19(30-16)18-4-3-11-29-18/h3-4,6-9,11-12H,2,5,10,13H2,1H3,(H,23,27)(H,24,28). The number of carbonyl (C=O) groups excluding carboxylic acids is 3. The second-order valence-electron chi connectivity index (χ2n) is 7.03. The molecule has 3 heterocycles. The van der Waals surface area contributed by atoms with E-state index in [1.807, 2.05) is 13.0 Å². The highest BCUT2D eigenvalue weighted by Gasteiger charge is 2.23. The number of hydrogen-bond acceptors (Lipinski definition) is 5. The first-order valence-corrected chi connectivity index (χ1v) is 9.64. The van der Waals surface area contributed by atoms with Gasteiger partial charge in [-0.1, -0.05) is 6.07 Å². The monoisotopic (exact) mass is 407 g/mol. The molecule has 4 rings (SSSR count). The summed E-state index contributed by atoms with van der Waals surface area (Å²) in [5.74, 6) is 0.0921. The predicted molar refractivity (Wildman–Crippen MR) is 110 cm³/mol. The maximum Gasteiger partial charge on any atom is 0.313 e. The van der Waals surface area contributed by atoms with E-state index < -0.39 is 11.8 Å². The van der Waals surface area contributed by atoms with E-state index in [9.17, 15) is 14.4 Å². The van der Waals surface area contributed by atoms with E-state index in [0.717, 1.165) is 17.7 Å². The molecule has 1 fully saturated rings. The van der Waals surface area contributed by atoms with Gasteiger partial charge in [0.15, 0.2) is 11.5 Å². The van der Waals surface area contributed by atoms with Crippen molar-refractivity contribution in [2.45, 2.75) is 26.3 Å². The smallest absolute Gasteiger partial charge is 0.313 e. The topological polar surface area (TPSA) is 105 Å². The third-order valence-corrected chi connectivity index (χ3v) is 4.89. The molecule has 2 aromatic heterocycles. The first-order chi connectivity index (χ1) is 14.5. The Morgan fingerprint density at radius 2 is 1.97 bits per heavy atom. The number of amides is 3. The predicted octanol–water partition coefficient (Wildman–Crippen LogP) is 3.23. The number of nitrogens with zero attached hydrogens (tertiary/aromatic N) is 1. The van der Waals surface area contributed by atoms with Crippen LogP contribution in [0.5, 0.6) is 0 Å². The highest BCUT2D eigenvalue weighted by atomic mass is 16.4. The molecule has 1 aliphatic heterocycles. The van der Waals surface area contributed by atoms with Crippen LogP contribution in [-0.4, -0.2) is 24.3 Å². The van der Waals surface area contributed by atoms with Crippen LogP contribution in [0.4, 0.5) is 11.4 Å². The summed E-state index contributed by atoms with van der Waals surface area (Å²) in [5.41, 5.74) is 2.13. The summed E-state index contributed by atoms with van der Waals surface area (Å²) in [4.78, 5) is 38.2. The van der Waals surface area contributed by atoms with Crippen LogP contribution < -0.4 is 15.5 Å². The zero-order valence-electron chi connectivity index (χ0n) is 16.4. The van der Waals surface area contributed by atoms with Crippen LogP contribution in [0.15, 0.2) is 57.6 Å². The average Bonchev–Trinajstić information content (AvgIpc) is 3.49. The first-order valence-electron chi connectivity index (χ1n) is 9.64. The largest absolute Gasteiger partial charge is 0.461 e. The molecule has 1 saturated heterocycles. The van der Waals surface area contributed by atoms with Gasteiger partial charge in [0.05, 0.1) is 12.8 Å². The Balaban J connectivity index is 1.36. The maximum absolute atomic E-state index is 12.3. The van der Waals surface area contributed by atoms with E-state index in [2.05, 4.69) is 10.6 Å². The molecule has 0 spiro atoms. The van der Waals surface area contributed by atoms with Crippen molar-refractivity contribution < 1.29 is 23.2 Å². The number of anilines is 2. The Labute approximate surface area is 172 Å². The van der Waals surface area contributed by atoms with Gasteiger partial charge in [0.25, 0.3) is 0 Å². The molecule has 154 valence electrons. The van der Waals surface area contributed by atoms with Gasteiger partial charge in [0, 0.05) is 24.3 Å². The zero-order chi connectivity index (χ0) is 21.1. The molecule has 3 aromatic rings. The van der Waals surface area contributed by atoms with Gasteiger partial charge in [-0.3, -0.25) is 14.4 Å². The van der Waals surface area contributed by atoms with Crippen LogP contribution >= 0.6 is 0 Å². The molecule has 8 nitrogen and oxygen atoms in total. The van der Waals surface area contributed by atoms with Crippen LogP contribution in [0, 0.1) is 6.92 Å². The molecular weight excluding hydrogens is 386 g/mol. The quantitative estimate of drug-likeness (QED) is 0.632. The van der Waals surface area contributed by atoms with Gasteiger partial charge in [-0.05, 0) is 55.3 Å².